The molecule has 0 fully saturated rings. The summed E-state index contributed by atoms with van der Waals surface area (Å²) >= 11 is 0. The lowest BCUT2D eigenvalue weighted by molar-refractivity contribution is 0.112. The van der Waals surface area contributed by atoms with E-state index in [0.717, 1.165) is 12.0 Å². The molecule has 0 aliphatic carbocycles. The van der Waals surface area contributed by atoms with Gasteiger partial charge in [0.25, 0.3) is 0 Å². The van der Waals surface area contributed by atoms with Gasteiger partial charge in [-0.15, -0.1) is 5.10 Å². The SMILES string of the molecule is Cc1ccc(-n2nnnc2COc2ccc(C=O)cc2)cc1. The predicted octanol–water partition coefficient (Wildman–Crippen LogP) is 2.36. The molecule has 0 saturated heterocycles. The van der Waals surface area contributed by atoms with Gasteiger partial charge in [-0.3, -0.25) is 4.79 Å². The van der Waals surface area contributed by atoms with E-state index in [-0.39, 0.29) is 6.61 Å². The van der Waals surface area contributed by atoms with Gasteiger partial charge in [0, 0.05) is 5.56 Å². The summed E-state index contributed by atoms with van der Waals surface area (Å²) in [5, 5.41) is 11.7. The number of aldehydes is 1. The van der Waals surface area contributed by atoms with Crippen LogP contribution in [-0.2, 0) is 6.61 Å². The number of aromatic nitrogens is 4. The number of nitrogens with zero attached hydrogens (tertiary/aromatic N) is 4. The Morgan fingerprint density at radius 1 is 1.09 bits per heavy atom. The molecule has 22 heavy (non-hydrogen) atoms. The van der Waals surface area contributed by atoms with Gasteiger partial charge in [0.1, 0.15) is 18.6 Å². The Labute approximate surface area is 127 Å². The molecular formula is C16H14N4O2. The lowest BCUT2D eigenvalue weighted by Gasteiger charge is -2.07. The fourth-order valence-corrected chi connectivity index (χ4v) is 1.97. The molecule has 1 aromatic heterocycles. The third kappa shape index (κ3) is 3.01. The molecule has 0 radical (unpaired) electrons. The van der Waals surface area contributed by atoms with Gasteiger partial charge in [-0.25, -0.2) is 0 Å². The Morgan fingerprint density at radius 3 is 2.50 bits per heavy atom. The average Bonchev–Trinajstić information content (AvgIpc) is 3.02. The predicted molar refractivity (Wildman–Crippen MR) is 80.1 cm³/mol. The second-order valence-corrected chi connectivity index (χ2v) is 4.82. The van der Waals surface area contributed by atoms with E-state index in [1.807, 2.05) is 31.2 Å². The molecule has 0 saturated carbocycles. The summed E-state index contributed by atoms with van der Waals surface area (Å²) in [4.78, 5) is 10.6. The summed E-state index contributed by atoms with van der Waals surface area (Å²) in [6.07, 6.45) is 0.793. The first kappa shape index (κ1) is 13.9. The topological polar surface area (TPSA) is 69.9 Å². The number of tetrazole rings is 1. The molecule has 3 rings (SSSR count). The van der Waals surface area contributed by atoms with Crippen LogP contribution in [0.2, 0.25) is 0 Å². The van der Waals surface area contributed by atoms with E-state index in [4.69, 9.17) is 4.74 Å². The summed E-state index contributed by atoms with van der Waals surface area (Å²) in [7, 11) is 0. The first-order valence-electron chi connectivity index (χ1n) is 6.78. The quantitative estimate of drug-likeness (QED) is 0.676. The fraction of sp³-hybridized carbons (Fsp3) is 0.125. The van der Waals surface area contributed by atoms with Crippen molar-refractivity contribution < 1.29 is 9.53 Å². The van der Waals surface area contributed by atoms with Crippen LogP contribution in [0.5, 0.6) is 5.75 Å². The van der Waals surface area contributed by atoms with Crippen LogP contribution < -0.4 is 4.74 Å². The molecule has 110 valence electrons. The van der Waals surface area contributed by atoms with Crippen LogP contribution in [0.3, 0.4) is 0 Å². The van der Waals surface area contributed by atoms with Crippen LogP contribution in [0, 0.1) is 6.92 Å². The zero-order valence-corrected chi connectivity index (χ0v) is 12.0. The number of hydrogen-bond donors (Lipinski definition) is 0. The summed E-state index contributed by atoms with van der Waals surface area (Å²) in [5.74, 6) is 1.26. The molecule has 0 amide bonds. The summed E-state index contributed by atoms with van der Waals surface area (Å²) in [6, 6.07) is 14.8. The highest BCUT2D eigenvalue weighted by Gasteiger charge is 2.09. The number of rotatable bonds is 5. The summed E-state index contributed by atoms with van der Waals surface area (Å²) in [6.45, 7) is 2.26. The third-order valence-corrected chi connectivity index (χ3v) is 3.20. The molecule has 0 aliphatic rings. The van der Waals surface area contributed by atoms with E-state index in [2.05, 4.69) is 15.5 Å². The van der Waals surface area contributed by atoms with Gasteiger partial charge in [-0.2, -0.15) is 4.68 Å². The number of benzene rings is 2. The normalized spacial score (nSPS) is 10.4. The maximum atomic E-state index is 10.6. The fourth-order valence-electron chi connectivity index (χ4n) is 1.97. The molecule has 0 aliphatic heterocycles. The van der Waals surface area contributed by atoms with Crippen molar-refractivity contribution in [2.24, 2.45) is 0 Å². The van der Waals surface area contributed by atoms with Crippen LogP contribution in [0.25, 0.3) is 5.69 Å². The highest BCUT2D eigenvalue weighted by atomic mass is 16.5. The minimum Gasteiger partial charge on any atom is -0.486 e. The minimum absolute atomic E-state index is 0.237. The van der Waals surface area contributed by atoms with Crippen LogP contribution in [0.1, 0.15) is 21.7 Å². The molecule has 0 bridgehead atoms. The van der Waals surface area contributed by atoms with Gasteiger partial charge in [-0.05, 0) is 53.7 Å². The first-order valence-corrected chi connectivity index (χ1v) is 6.78. The lowest BCUT2D eigenvalue weighted by atomic mass is 10.2. The highest BCUT2D eigenvalue weighted by molar-refractivity contribution is 5.74. The van der Waals surface area contributed by atoms with Gasteiger partial charge in [0.15, 0.2) is 5.82 Å². The molecule has 0 atom stereocenters. The molecule has 6 heteroatoms. The maximum absolute atomic E-state index is 10.6. The van der Waals surface area contributed by atoms with Crippen molar-refractivity contribution >= 4 is 6.29 Å². The van der Waals surface area contributed by atoms with Crippen LogP contribution in [0.15, 0.2) is 48.5 Å². The van der Waals surface area contributed by atoms with Crippen LogP contribution in [0.4, 0.5) is 0 Å². The molecular weight excluding hydrogens is 280 g/mol. The largest absolute Gasteiger partial charge is 0.486 e. The summed E-state index contributed by atoms with van der Waals surface area (Å²) < 4.78 is 7.29. The second kappa shape index (κ2) is 6.17. The summed E-state index contributed by atoms with van der Waals surface area (Å²) in [5.41, 5.74) is 2.66. The standard InChI is InChI=1S/C16H14N4O2/c1-12-2-6-14(7-3-12)20-16(17-18-19-20)11-22-15-8-4-13(10-21)5-9-15/h2-10H,11H2,1H3. The van der Waals surface area contributed by atoms with E-state index in [1.54, 1.807) is 28.9 Å². The molecule has 0 spiro atoms. The number of aryl methyl sites for hydroxylation is 1. The molecule has 6 nitrogen and oxygen atoms in total. The van der Waals surface area contributed by atoms with Crippen molar-refractivity contribution in [3.8, 4) is 11.4 Å². The monoisotopic (exact) mass is 294 g/mol. The molecule has 2 aromatic carbocycles. The number of carbonyl (C=O) groups excluding carboxylic acids is 1. The van der Waals surface area contributed by atoms with E-state index >= 15 is 0 Å². The van der Waals surface area contributed by atoms with Crippen LogP contribution >= 0.6 is 0 Å². The van der Waals surface area contributed by atoms with Crippen molar-refractivity contribution in [3.63, 3.8) is 0 Å². The first-order chi connectivity index (χ1) is 10.8. The Bertz CT molecular complexity index is 764. The van der Waals surface area contributed by atoms with Gasteiger partial charge >= 0.3 is 0 Å². The second-order valence-electron chi connectivity index (χ2n) is 4.82. The van der Waals surface area contributed by atoms with Crippen molar-refractivity contribution in [2.45, 2.75) is 13.5 Å². The minimum atomic E-state index is 0.237. The molecule has 0 N–H and O–H groups in total. The highest BCUT2D eigenvalue weighted by Crippen LogP contribution is 2.14. The number of ether oxygens (including phenoxy) is 1. The van der Waals surface area contributed by atoms with E-state index in [1.165, 1.54) is 5.56 Å². The van der Waals surface area contributed by atoms with Gasteiger partial charge in [0.2, 0.25) is 0 Å². The van der Waals surface area contributed by atoms with E-state index in [9.17, 15) is 4.79 Å². The molecule has 3 aromatic rings. The molecule has 0 unspecified atom stereocenters. The van der Waals surface area contributed by atoms with Crippen molar-refractivity contribution in [3.05, 3.63) is 65.5 Å². The molecule has 1 heterocycles. The van der Waals surface area contributed by atoms with Crippen molar-refractivity contribution in [2.75, 3.05) is 0 Å². The van der Waals surface area contributed by atoms with Crippen LogP contribution in [-0.4, -0.2) is 26.5 Å². The number of carbonyl (C=O) groups is 1. The van der Waals surface area contributed by atoms with Crippen molar-refractivity contribution in [1.29, 1.82) is 0 Å². The van der Waals surface area contributed by atoms with E-state index in [0.29, 0.717) is 17.1 Å². The zero-order chi connectivity index (χ0) is 15.4. The van der Waals surface area contributed by atoms with Gasteiger partial charge < -0.3 is 4.74 Å². The third-order valence-electron chi connectivity index (χ3n) is 3.20. The van der Waals surface area contributed by atoms with Crippen molar-refractivity contribution in [1.82, 2.24) is 20.2 Å². The maximum Gasteiger partial charge on any atom is 0.194 e. The average molecular weight is 294 g/mol. The Hall–Kier alpha value is -3.02. The zero-order valence-electron chi connectivity index (χ0n) is 12.0. The Morgan fingerprint density at radius 2 is 1.82 bits per heavy atom. The van der Waals surface area contributed by atoms with Gasteiger partial charge in [-0.1, -0.05) is 17.7 Å². The Kier molecular flexibility index (Phi) is 3.91. The van der Waals surface area contributed by atoms with Gasteiger partial charge in [0.05, 0.1) is 5.69 Å². The Balaban J connectivity index is 1.74. The number of hydrogen-bond acceptors (Lipinski definition) is 5. The lowest BCUT2D eigenvalue weighted by Crippen LogP contribution is -2.07. The smallest absolute Gasteiger partial charge is 0.194 e. The van der Waals surface area contributed by atoms with E-state index < -0.39 is 0 Å².